The van der Waals surface area contributed by atoms with Gasteiger partial charge in [0.05, 0.1) is 6.54 Å². The quantitative estimate of drug-likeness (QED) is 0.485. The van der Waals surface area contributed by atoms with Gasteiger partial charge in [-0.15, -0.1) is 0 Å². The smallest absolute Gasteiger partial charge is 0.191 e. The van der Waals surface area contributed by atoms with E-state index in [-0.39, 0.29) is 12.4 Å². The average molecular weight is 309 g/mol. The minimum atomic E-state index is -0.239. The molecule has 0 radical (unpaired) electrons. The largest absolute Gasteiger partial charge is 0.396 e. The molecule has 22 heavy (non-hydrogen) atoms. The molecule has 0 saturated heterocycles. The summed E-state index contributed by atoms with van der Waals surface area (Å²) >= 11 is 0. The van der Waals surface area contributed by atoms with E-state index in [1.807, 2.05) is 13.0 Å². The highest BCUT2D eigenvalue weighted by Crippen LogP contribution is 2.09. The van der Waals surface area contributed by atoms with Crippen LogP contribution in [0.15, 0.2) is 29.3 Å². The van der Waals surface area contributed by atoms with Crippen LogP contribution >= 0.6 is 0 Å². The monoisotopic (exact) mass is 309 g/mol. The van der Waals surface area contributed by atoms with Crippen LogP contribution in [-0.2, 0) is 6.54 Å². The predicted octanol–water partition coefficient (Wildman–Crippen LogP) is 2.68. The molecule has 1 atom stereocenters. The van der Waals surface area contributed by atoms with Crippen LogP contribution in [0.25, 0.3) is 0 Å². The van der Waals surface area contributed by atoms with Crippen molar-refractivity contribution in [3.8, 4) is 0 Å². The van der Waals surface area contributed by atoms with Gasteiger partial charge in [0.25, 0.3) is 0 Å². The van der Waals surface area contributed by atoms with Gasteiger partial charge in [-0.3, -0.25) is 0 Å². The molecule has 0 amide bonds. The third-order valence-electron chi connectivity index (χ3n) is 3.45. The van der Waals surface area contributed by atoms with Crippen molar-refractivity contribution < 1.29 is 9.50 Å². The number of hydrogen-bond acceptors (Lipinski definition) is 2. The second-order valence-corrected chi connectivity index (χ2v) is 5.37. The minimum absolute atomic E-state index is 0.212. The summed E-state index contributed by atoms with van der Waals surface area (Å²) in [6, 6.07) is 6.49. The topological polar surface area (TPSA) is 56.6 Å². The molecule has 0 aromatic heterocycles. The molecular formula is C17H28FN3O. The van der Waals surface area contributed by atoms with Crippen LogP contribution in [-0.4, -0.2) is 30.8 Å². The third-order valence-corrected chi connectivity index (χ3v) is 3.45. The first-order valence-electron chi connectivity index (χ1n) is 8.07. The SMILES string of the molecule is CCCC(CCO)CNC(=NCc1cccc(F)c1)NCC. The van der Waals surface area contributed by atoms with Crippen molar-refractivity contribution in [2.45, 2.75) is 39.7 Å². The van der Waals surface area contributed by atoms with Crippen LogP contribution in [0.3, 0.4) is 0 Å². The van der Waals surface area contributed by atoms with Crippen molar-refractivity contribution in [1.29, 1.82) is 0 Å². The lowest BCUT2D eigenvalue weighted by Gasteiger charge is -2.18. The number of nitrogens with zero attached hydrogens (tertiary/aromatic N) is 1. The molecule has 0 spiro atoms. The summed E-state index contributed by atoms with van der Waals surface area (Å²) in [5.41, 5.74) is 0.845. The molecule has 0 aliphatic heterocycles. The summed E-state index contributed by atoms with van der Waals surface area (Å²) in [7, 11) is 0. The summed E-state index contributed by atoms with van der Waals surface area (Å²) in [6.45, 7) is 6.36. The maximum absolute atomic E-state index is 13.2. The van der Waals surface area contributed by atoms with Crippen LogP contribution < -0.4 is 10.6 Å². The maximum Gasteiger partial charge on any atom is 0.191 e. The molecule has 1 aromatic rings. The van der Waals surface area contributed by atoms with Crippen LogP contribution in [0, 0.1) is 11.7 Å². The fourth-order valence-electron chi connectivity index (χ4n) is 2.33. The Hall–Kier alpha value is -1.62. The molecule has 3 N–H and O–H groups in total. The Morgan fingerprint density at radius 2 is 2.09 bits per heavy atom. The molecule has 0 aliphatic carbocycles. The number of rotatable bonds is 9. The van der Waals surface area contributed by atoms with Gasteiger partial charge in [-0.05, 0) is 43.4 Å². The summed E-state index contributed by atoms with van der Waals surface area (Å²) in [4.78, 5) is 4.48. The van der Waals surface area contributed by atoms with Crippen LogP contribution in [0.4, 0.5) is 4.39 Å². The number of aliphatic hydroxyl groups is 1. The first-order chi connectivity index (χ1) is 10.7. The minimum Gasteiger partial charge on any atom is -0.396 e. The van der Waals surface area contributed by atoms with E-state index in [1.165, 1.54) is 12.1 Å². The van der Waals surface area contributed by atoms with E-state index in [0.717, 1.165) is 43.9 Å². The number of guanidine groups is 1. The predicted molar refractivity (Wildman–Crippen MR) is 89.3 cm³/mol. The van der Waals surface area contributed by atoms with E-state index >= 15 is 0 Å². The normalized spacial score (nSPS) is 13.0. The number of benzene rings is 1. The lowest BCUT2D eigenvalue weighted by atomic mass is 10.0. The molecule has 1 unspecified atom stereocenters. The van der Waals surface area contributed by atoms with Gasteiger partial charge in [-0.2, -0.15) is 0 Å². The van der Waals surface area contributed by atoms with Gasteiger partial charge in [0.2, 0.25) is 0 Å². The Kier molecular flexibility index (Phi) is 9.23. The first kappa shape index (κ1) is 18.4. The number of aliphatic hydroxyl groups excluding tert-OH is 1. The molecule has 0 aliphatic rings. The van der Waals surface area contributed by atoms with E-state index < -0.39 is 0 Å². The maximum atomic E-state index is 13.2. The standard InChI is InChI=1S/C17H28FN3O/c1-3-6-14(9-10-22)12-20-17(19-4-2)21-13-15-7-5-8-16(18)11-15/h5,7-8,11,14,22H,3-4,6,9-10,12-13H2,1-2H3,(H2,19,20,21). The lowest BCUT2D eigenvalue weighted by Crippen LogP contribution is -2.40. The highest BCUT2D eigenvalue weighted by atomic mass is 19.1. The van der Waals surface area contributed by atoms with E-state index in [9.17, 15) is 4.39 Å². The molecule has 0 saturated carbocycles. The van der Waals surface area contributed by atoms with E-state index in [2.05, 4.69) is 22.5 Å². The van der Waals surface area contributed by atoms with Crippen molar-refractivity contribution in [1.82, 2.24) is 10.6 Å². The Morgan fingerprint density at radius 3 is 2.73 bits per heavy atom. The Labute approximate surface area is 132 Å². The van der Waals surface area contributed by atoms with Crippen molar-refractivity contribution >= 4 is 5.96 Å². The Morgan fingerprint density at radius 1 is 1.27 bits per heavy atom. The van der Waals surface area contributed by atoms with Crippen molar-refractivity contribution in [3.05, 3.63) is 35.6 Å². The summed E-state index contributed by atoms with van der Waals surface area (Å²) in [5, 5.41) is 15.6. The van der Waals surface area contributed by atoms with Crippen LogP contribution in [0.1, 0.15) is 38.7 Å². The molecular weight excluding hydrogens is 281 g/mol. The van der Waals surface area contributed by atoms with Gasteiger partial charge in [0, 0.05) is 19.7 Å². The van der Waals surface area contributed by atoms with Crippen LogP contribution in [0.5, 0.6) is 0 Å². The zero-order valence-corrected chi connectivity index (χ0v) is 13.6. The highest BCUT2D eigenvalue weighted by Gasteiger charge is 2.08. The van der Waals surface area contributed by atoms with Gasteiger partial charge in [0.15, 0.2) is 5.96 Å². The molecule has 5 heteroatoms. The molecule has 1 aromatic carbocycles. The van der Waals surface area contributed by atoms with Gasteiger partial charge >= 0.3 is 0 Å². The average Bonchev–Trinajstić information content (AvgIpc) is 2.50. The second kappa shape index (κ2) is 11.0. The van der Waals surface area contributed by atoms with Gasteiger partial charge in [-0.25, -0.2) is 9.38 Å². The number of aliphatic imine (C=N–C) groups is 1. The fourth-order valence-corrected chi connectivity index (χ4v) is 2.33. The molecule has 0 heterocycles. The summed E-state index contributed by atoms with van der Waals surface area (Å²) in [5.74, 6) is 0.926. The third kappa shape index (κ3) is 7.41. The number of halogens is 1. The van der Waals surface area contributed by atoms with Gasteiger partial charge < -0.3 is 15.7 Å². The number of nitrogens with one attached hydrogen (secondary N) is 2. The second-order valence-electron chi connectivity index (χ2n) is 5.37. The van der Waals surface area contributed by atoms with Crippen molar-refractivity contribution in [3.63, 3.8) is 0 Å². The molecule has 124 valence electrons. The molecule has 4 nitrogen and oxygen atoms in total. The molecule has 0 fully saturated rings. The Balaban J connectivity index is 2.57. The zero-order valence-electron chi connectivity index (χ0n) is 13.6. The first-order valence-corrected chi connectivity index (χ1v) is 8.07. The Bertz CT molecular complexity index is 445. The van der Waals surface area contributed by atoms with E-state index in [0.29, 0.717) is 12.5 Å². The van der Waals surface area contributed by atoms with Crippen molar-refractivity contribution in [2.24, 2.45) is 10.9 Å². The zero-order chi connectivity index (χ0) is 16.2. The van der Waals surface area contributed by atoms with Crippen molar-refractivity contribution in [2.75, 3.05) is 19.7 Å². The molecule has 1 rings (SSSR count). The summed E-state index contributed by atoms with van der Waals surface area (Å²) < 4.78 is 13.2. The lowest BCUT2D eigenvalue weighted by molar-refractivity contribution is 0.251. The summed E-state index contributed by atoms with van der Waals surface area (Å²) in [6.07, 6.45) is 2.98. The highest BCUT2D eigenvalue weighted by molar-refractivity contribution is 5.79. The van der Waals surface area contributed by atoms with Gasteiger partial charge in [-0.1, -0.05) is 25.5 Å². The fraction of sp³-hybridized carbons (Fsp3) is 0.588. The van der Waals surface area contributed by atoms with E-state index in [1.54, 1.807) is 6.07 Å². The van der Waals surface area contributed by atoms with E-state index in [4.69, 9.17) is 5.11 Å². The number of hydrogen-bond donors (Lipinski definition) is 3. The van der Waals surface area contributed by atoms with Gasteiger partial charge in [0.1, 0.15) is 5.82 Å². The molecule has 0 bridgehead atoms. The van der Waals surface area contributed by atoms with Crippen LogP contribution in [0.2, 0.25) is 0 Å².